The van der Waals surface area contributed by atoms with Gasteiger partial charge in [-0.2, -0.15) is 0 Å². The maximum Gasteiger partial charge on any atom is 0.222 e. The number of carbonyl (C=O) groups is 1. The van der Waals surface area contributed by atoms with Crippen LogP contribution < -0.4 is 5.32 Å². The Hall–Kier alpha value is -1.81. The third-order valence-electron chi connectivity index (χ3n) is 5.15. The highest BCUT2D eigenvalue weighted by Gasteiger charge is 2.29. The summed E-state index contributed by atoms with van der Waals surface area (Å²) in [4.78, 5) is 17.2. The maximum atomic E-state index is 11.9. The summed E-state index contributed by atoms with van der Waals surface area (Å²) < 4.78 is 0. The predicted octanol–water partition coefficient (Wildman–Crippen LogP) is 3.29. The first-order valence-corrected chi connectivity index (χ1v) is 8.79. The van der Waals surface area contributed by atoms with Crippen LogP contribution in [0.4, 0.5) is 0 Å². The second kappa shape index (κ2) is 7.18. The molecule has 1 aromatic heterocycles. The van der Waals surface area contributed by atoms with Gasteiger partial charge in [0.05, 0.1) is 0 Å². The minimum Gasteiger partial charge on any atom is -0.361 e. The van der Waals surface area contributed by atoms with Crippen molar-refractivity contribution in [3.8, 4) is 0 Å². The number of nitrogens with zero attached hydrogens (tertiary/aromatic N) is 1. The number of benzene rings is 1. The lowest BCUT2D eigenvalue weighted by molar-refractivity contribution is -0.133. The number of H-pyrrole nitrogens is 1. The van der Waals surface area contributed by atoms with Crippen LogP contribution in [0.3, 0.4) is 0 Å². The third kappa shape index (κ3) is 3.42. The van der Waals surface area contributed by atoms with Crippen molar-refractivity contribution in [1.82, 2.24) is 15.2 Å². The van der Waals surface area contributed by atoms with E-state index in [1.165, 1.54) is 16.5 Å². The Morgan fingerprint density at radius 1 is 1.35 bits per heavy atom. The summed E-state index contributed by atoms with van der Waals surface area (Å²) in [5.74, 6) is 0.837. The Kier molecular flexibility index (Phi) is 5.01. The predicted molar refractivity (Wildman–Crippen MR) is 94.2 cm³/mol. The van der Waals surface area contributed by atoms with E-state index >= 15 is 0 Å². The Morgan fingerprint density at radius 3 is 3.00 bits per heavy atom. The van der Waals surface area contributed by atoms with Gasteiger partial charge in [0.1, 0.15) is 0 Å². The molecule has 1 aromatic carbocycles. The summed E-state index contributed by atoms with van der Waals surface area (Å²) in [7, 11) is 0. The quantitative estimate of drug-likeness (QED) is 0.890. The van der Waals surface area contributed by atoms with Crippen molar-refractivity contribution in [3.05, 3.63) is 36.0 Å². The number of aromatic nitrogens is 1. The third-order valence-corrected chi connectivity index (χ3v) is 5.15. The Morgan fingerprint density at radius 2 is 2.22 bits per heavy atom. The molecule has 0 unspecified atom stereocenters. The van der Waals surface area contributed by atoms with E-state index < -0.39 is 0 Å². The topological polar surface area (TPSA) is 48.1 Å². The molecule has 2 heterocycles. The second-order valence-electron chi connectivity index (χ2n) is 6.49. The van der Waals surface area contributed by atoms with Crippen LogP contribution >= 0.6 is 0 Å². The summed E-state index contributed by atoms with van der Waals surface area (Å²) in [5, 5.41) is 5.04. The molecule has 3 rings (SSSR count). The van der Waals surface area contributed by atoms with Crippen LogP contribution in [0.2, 0.25) is 0 Å². The van der Waals surface area contributed by atoms with Gasteiger partial charge in [-0.1, -0.05) is 32.4 Å². The Labute approximate surface area is 138 Å². The van der Waals surface area contributed by atoms with Crippen molar-refractivity contribution in [1.29, 1.82) is 0 Å². The lowest BCUT2D eigenvalue weighted by Crippen LogP contribution is -2.50. The summed E-state index contributed by atoms with van der Waals surface area (Å²) in [6, 6.07) is 9.06. The fraction of sp³-hybridized carbons (Fsp3) is 0.526. The van der Waals surface area contributed by atoms with Crippen molar-refractivity contribution in [2.45, 2.75) is 45.7 Å². The zero-order valence-corrected chi connectivity index (χ0v) is 14.1. The highest BCUT2D eigenvalue weighted by atomic mass is 16.2. The van der Waals surface area contributed by atoms with E-state index in [2.05, 4.69) is 41.5 Å². The molecule has 2 N–H and O–H groups in total. The molecule has 1 amide bonds. The average molecular weight is 313 g/mol. The van der Waals surface area contributed by atoms with E-state index in [-0.39, 0.29) is 0 Å². The van der Waals surface area contributed by atoms with Crippen LogP contribution in [0.1, 0.15) is 38.7 Å². The van der Waals surface area contributed by atoms with Crippen LogP contribution in [-0.4, -0.2) is 34.9 Å². The standard InChI is InChI=1S/C19H27N3O/c1-3-14-13-22(19(23)4-2)11-9-17(14)21-12-15-6-5-7-18-16(15)8-10-20-18/h5-8,10,14,17,20-21H,3-4,9,11-13H2,1-2H3/t14-,17-/m0/s1. The number of likely N-dealkylation sites (tertiary alicyclic amines) is 1. The van der Waals surface area contributed by atoms with E-state index in [9.17, 15) is 4.79 Å². The summed E-state index contributed by atoms with van der Waals surface area (Å²) >= 11 is 0. The molecule has 0 radical (unpaired) electrons. The number of hydrogen-bond acceptors (Lipinski definition) is 2. The lowest BCUT2D eigenvalue weighted by atomic mass is 9.89. The van der Waals surface area contributed by atoms with E-state index in [1.807, 2.05) is 18.0 Å². The van der Waals surface area contributed by atoms with Gasteiger partial charge in [-0.15, -0.1) is 0 Å². The van der Waals surface area contributed by atoms with Gasteiger partial charge in [0.2, 0.25) is 5.91 Å². The molecule has 0 bridgehead atoms. The van der Waals surface area contributed by atoms with Gasteiger partial charge in [-0.3, -0.25) is 4.79 Å². The maximum absolute atomic E-state index is 11.9. The molecule has 2 aromatic rings. The SMILES string of the molecule is CCC(=O)N1CC[C@H](NCc2cccc3[nH]ccc23)[C@@H](CC)C1. The zero-order chi connectivity index (χ0) is 16.2. The van der Waals surface area contributed by atoms with Crippen LogP contribution in [0.15, 0.2) is 30.5 Å². The molecular weight excluding hydrogens is 286 g/mol. The average Bonchev–Trinajstić information content (AvgIpc) is 3.08. The first-order chi connectivity index (χ1) is 11.2. The zero-order valence-electron chi connectivity index (χ0n) is 14.1. The molecule has 0 aliphatic carbocycles. The Bertz CT molecular complexity index is 663. The molecule has 4 heteroatoms. The molecule has 1 aliphatic heterocycles. The van der Waals surface area contributed by atoms with Crippen LogP contribution in [0.25, 0.3) is 10.9 Å². The number of nitrogens with one attached hydrogen (secondary N) is 2. The highest BCUT2D eigenvalue weighted by Crippen LogP contribution is 2.23. The fourth-order valence-electron chi connectivity index (χ4n) is 3.71. The highest BCUT2D eigenvalue weighted by molar-refractivity contribution is 5.82. The van der Waals surface area contributed by atoms with Crippen LogP contribution in [0, 0.1) is 5.92 Å². The molecule has 0 saturated carbocycles. The van der Waals surface area contributed by atoms with Gasteiger partial charge in [-0.05, 0) is 30.0 Å². The van der Waals surface area contributed by atoms with E-state index in [0.717, 1.165) is 32.5 Å². The van der Waals surface area contributed by atoms with Crippen molar-refractivity contribution >= 4 is 16.8 Å². The van der Waals surface area contributed by atoms with Crippen LogP contribution in [-0.2, 0) is 11.3 Å². The van der Waals surface area contributed by atoms with E-state index in [4.69, 9.17) is 0 Å². The first kappa shape index (κ1) is 16.1. The molecule has 1 fully saturated rings. The molecule has 1 saturated heterocycles. The molecular formula is C19H27N3O. The van der Waals surface area contributed by atoms with Gasteiger partial charge in [0, 0.05) is 49.2 Å². The molecule has 4 nitrogen and oxygen atoms in total. The number of aromatic amines is 1. The number of amides is 1. The van der Waals surface area contributed by atoms with Gasteiger partial charge in [0.25, 0.3) is 0 Å². The largest absolute Gasteiger partial charge is 0.361 e. The minimum absolute atomic E-state index is 0.291. The normalized spacial score (nSPS) is 21.7. The van der Waals surface area contributed by atoms with Crippen LogP contribution in [0.5, 0.6) is 0 Å². The summed E-state index contributed by atoms with van der Waals surface area (Å²) in [5.41, 5.74) is 2.53. The van der Waals surface area contributed by atoms with Crippen molar-refractivity contribution in [2.24, 2.45) is 5.92 Å². The monoisotopic (exact) mass is 313 g/mol. The van der Waals surface area contributed by atoms with Gasteiger partial charge >= 0.3 is 0 Å². The first-order valence-electron chi connectivity index (χ1n) is 8.79. The molecule has 2 atom stereocenters. The van der Waals surface area contributed by atoms with Crippen molar-refractivity contribution < 1.29 is 4.79 Å². The van der Waals surface area contributed by atoms with Gasteiger partial charge < -0.3 is 15.2 Å². The smallest absolute Gasteiger partial charge is 0.222 e. The number of carbonyl (C=O) groups excluding carboxylic acids is 1. The lowest BCUT2D eigenvalue weighted by Gasteiger charge is -2.39. The number of piperidine rings is 1. The molecule has 1 aliphatic rings. The summed E-state index contributed by atoms with van der Waals surface area (Å²) in [6.45, 7) is 6.85. The van der Waals surface area contributed by atoms with Crippen molar-refractivity contribution in [2.75, 3.05) is 13.1 Å². The number of fused-ring (bicyclic) bond motifs is 1. The van der Waals surface area contributed by atoms with Gasteiger partial charge in [0.15, 0.2) is 0 Å². The van der Waals surface area contributed by atoms with Gasteiger partial charge in [-0.25, -0.2) is 0 Å². The van der Waals surface area contributed by atoms with Crippen molar-refractivity contribution in [3.63, 3.8) is 0 Å². The van der Waals surface area contributed by atoms with E-state index in [1.54, 1.807) is 0 Å². The number of hydrogen-bond donors (Lipinski definition) is 2. The van der Waals surface area contributed by atoms with E-state index in [0.29, 0.717) is 24.3 Å². The molecule has 124 valence electrons. The molecule has 0 spiro atoms. The fourth-order valence-corrected chi connectivity index (χ4v) is 3.71. The second-order valence-corrected chi connectivity index (χ2v) is 6.49. The Balaban J connectivity index is 1.64. The minimum atomic E-state index is 0.291. The number of rotatable bonds is 5. The molecule has 23 heavy (non-hydrogen) atoms. The summed E-state index contributed by atoms with van der Waals surface area (Å²) in [6.07, 6.45) is 4.77.